The minimum Gasteiger partial charge on any atom is -0.392 e. The number of aliphatic hydroxyl groups excluding tert-OH is 1. The average molecular weight is 231 g/mol. The van der Waals surface area contributed by atoms with Gasteiger partial charge in [0.1, 0.15) is 0 Å². The molecule has 1 aliphatic heterocycles. The third-order valence-electron chi connectivity index (χ3n) is 3.12. The average Bonchev–Trinajstić information content (AvgIpc) is 2.24. The number of hydrogen-bond donors (Lipinski definition) is 1. The minimum atomic E-state index is -0.211. The molecule has 96 valence electrons. The summed E-state index contributed by atoms with van der Waals surface area (Å²) in [5.41, 5.74) is 0. The highest BCUT2D eigenvalue weighted by Crippen LogP contribution is 2.17. The van der Waals surface area contributed by atoms with Gasteiger partial charge in [0.2, 0.25) is 0 Å². The Morgan fingerprint density at radius 2 is 1.94 bits per heavy atom. The molecule has 0 spiro atoms. The second-order valence-electron chi connectivity index (χ2n) is 4.43. The number of hydrogen-bond acceptors (Lipinski definition) is 4. The lowest BCUT2D eigenvalue weighted by Gasteiger charge is -2.35. The van der Waals surface area contributed by atoms with Crippen LogP contribution in [0.4, 0.5) is 0 Å². The summed E-state index contributed by atoms with van der Waals surface area (Å²) in [6, 6.07) is 0. The zero-order valence-electron chi connectivity index (χ0n) is 10.7. The van der Waals surface area contributed by atoms with E-state index in [0.29, 0.717) is 19.1 Å². The first-order valence-electron chi connectivity index (χ1n) is 6.31. The molecule has 0 aromatic rings. The summed E-state index contributed by atoms with van der Waals surface area (Å²) in [6.07, 6.45) is 0.680. The summed E-state index contributed by atoms with van der Waals surface area (Å²) in [5, 5.41) is 9.80. The summed E-state index contributed by atoms with van der Waals surface area (Å²) >= 11 is 0. The molecule has 1 heterocycles. The second-order valence-corrected chi connectivity index (χ2v) is 4.43. The summed E-state index contributed by atoms with van der Waals surface area (Å²) in [4.78, 5) is 2.22. The van der Waals surface area contributed by atoms with Crippen molar-refractivity contribution in [2.24, 2.45) is 5.92 Å². The number of nitrogens with zero attached hydrogens (tertiary/aromatic N) is 1. The third kappa shape index (κ3) is 4.37. The van der Waals surface area contributed by atoms with Gasteiger partial charge in [0.15, 0.2) is 6.29 Å². The van der Waals surface area contributed by atoms with Crippen molar-refractivity contribution in [1.29, 1.82) is 0 Å². The summed E-state index contributed by atoms with van der Waals surface area (Å²) in [5.74, 6) is 0.411. The molecule has 1 N–H and O–H groups in total. The first-order valence-corrected chi connectivity index (χ1v) is 6.31. The summed E-state index contributed by atoms with van der Waals surface area (Å²) < 4.78 is 11.0. The van der Waals surface area contributed by atoms with Gasteiger partial charge in [-0.2, -0.15) is 0 Å². The van der Waals surface area contributed by atoms with Gasteiger partial charge in [-0.15, -0.1) is 0 Å². The van der Waals surface area contributed by atoms with Crippen molar-refractivity contribution in [1.82, 2.24) is 4.90 Å². The number of aliphatic hydroxyl groups is 1. The topological polar surface area (TPSA) is 41.9 Å². The van der Waals surface area contributed by atoms with E-state index in [-0.39, 0.29) is 12.4 Å². The predicted octanol–water partition coefficient (Wildman–Crippen LogP) is 1.09. The molecular formula is C12H25NO3. The number of ether oxygens (including phenoxy) is 2. The largest absolute Gasteiger partial charge is 0.392 e. The van der Waals surface area contributed by atoms with Crippen LogP contribution in [0.25, 0.3) is 0 Å². The second kappa shape index (κ2) is 7.22. The van der Waals surface area contributed by atoms with Crippen LogP contribution >= 0.6 is 0 Å². The van der Waals surface area contributed by atoms with E-state index in [0.717, 1.165) is 26.1 Å². The van der Waals surface area contributed by atoms with Crippen LogP contribution in [-0.4, -0.2) is 55.2 Å². The van der Waals surface area contributed by atoms with Crippen LogP contribution in [0.5, 0.6) is 0 Å². The molecular weight excluding hydrogens is 206 g/mol. The summed E-state index contributed by atoms with van der Waals surface area (Å²) in [7, 11) is 0. The molecule has 0 amide bonds. The van der Waals surface area contributed by atoms with Gasteiger partial charge < -0.3 is 14.6 Å². The maximum Gasteiger partial charge on any atom is 0.170 e. The highest BCUT2D eigenvalue weighted by molar-refractivity contribution is 4.77. The number of rotatable bonds is 6. The summed E-state index contributed by atoms with van der Waals surface area (Å²) in [6.45, 7) is 9.88. The Hall–Kier alpha value is -0.160. The van der Waals surface area contributed by atoms with Gasteiger partial charge in [-0.1, -0.05) is 6.92 Å². The molecule has 1 saturated heterocycles. The van der Waals surface area contributed by atoms with Crippen LogP contribution in [0.1, 0.15) is 27.2 Å². The van der Waals surface area contributed by atoms with Crippen LogP contribution in [0.2, 0.25) is 0 Å². The lowest BCUT2D eigenvalue weighted by molar-refractivity contribution is -0.152. The van der Waals surface area contributed by atoms with Gasteiger partial charge >= 0.3 is 0 Å². The smallest absolute Gasteiger partial charge is 0.170 e. The zero-order chi connectivity index (χ0) is 12.0. The molecule has 2 atom stereocenters. The lowest BCUT2D eigenvalue weighted by Crippen LogP contribution is -2.46. The standard InChI is InChI=1S/C12H25NO3/c1-4-15-12(16-5-2)9-13-7-6-10(3)11(14)8-13/h10-12,14H,4-9H2,1-3H3. The molecule has 0 aromatic carbocycles. The first-order chi connectivity index (χ1) is 7.67. The highest BCUT2D eigenvalue weighted by Gasteiger charge is 2.26. The fraction of sp³-hybridized carbons (Fsp3) is 1.00. The van der Waals surface area contributed by atoms with E-state index in [1.54, 1.807) is 0 Å². The Bertz CT molecular complexity index is 183. The third-order valence-corrected chi connectivity index (χ3v) is 3.12. The van der Waals surface area contributed by atoms with Crippen molar-refractivity contribution < 1.29 is 14.6 Å². The lowest BCUT2D eigenvalue weighted by atomic mass is 9.96. The Morgan fingerprint density at radius 1 is 1.31 bits per heavy atom. The van der Waals surface area contributed by atoms with Crippen molar-refractivity contribution >= 4 is 0 Å². The Labute approximate surface area is 98.5 Å². The molecule has 2 unspecified atom stereocenters. The van der Waals surface area contributed by atoms with Crippen LogP contribution in [-0.2, 0) is 9.47 Å². The predicted molar refractivity (Wildman–Crippen MR) is 63.3 cm³/mol. The van der Waals surface area contributed by atoms with Crippen LogP contribution in [0.15, 0.2) is 0 Å². The molecule has 1 fully saturated rings. The fourth-order valence-electron chi connectivity index (χ4n) is 2.02. The number of piperidine rings is 1. The van der Waals surface area contributed by atoms with Gasteiger partial charge in [0, 0.05) is 26.3 Å². The Morgan fingerprint density at radius 3 is 2.44 bits per heavy atom. The van der Waals surface area contributed by atoms with Gasteiger partial charge in [-0.3, -0.25) is 4.90 Å². The minimum absolute atomic E-state index is 0.157. The van der Waals surface area contributed by atoms with E-state index in [4.69, 9.17) is 9.47 Å². The highest BCUT2D eigenvalue weighted by atomic mass is 16.7. The van der Waals surface area contributed by atoms with Crippen molar-refractivity contribution in [3.63, 3.8) is 0 Å². The van der Waals surface area contributed by atoms with Gasteiger partial charge in [0.05, 0.1) is 6.10 Å². The van der Waals surface area contributed by atoms with E-state index in [1.807, 2.05) is 13.8 Å². The molecule has 4 nitrogen and oxygen atoms in total. The van der Waals surface area contributed by atoms with E-state index in [1.165, 1.54) is 0 Å². The Kier molecular flexibility index (Phi) is 6.28. The molecule has 0 aliphatic carbocycles. The van der Waals surface area contributed by atoms with Crippen LogP contribution in [0.3, 0.4) is 0 Å². The molecule has 0 radical (unpaired) electrons. The molecule has 1 aliphatic rings. The van der Waals surface area contributed by atoms with Crippen molar-refractivity contribution in [3.05, 3.63) is 0 Å². The van der Waals surface area contributed by atoms with E-state index in [9.17, 15) is 5.11 Å². The first kappa shape index (κ1) is 13.9. The SMILES string of the molecule is CCOC(CN1CCC(C)C(O)C1)OCC. The maximum atomic E-state index is 9.80. The van der Waals surface area contributed by atoms with Crippen molar-refractivity contribution in [2.45, 2.75) is 39.6 Å². The monoisotopic (exact) mass is 231 g/mol. The molecule has 0 bridgehead atoms. The molecule has 0 aromatic heterocycles. The normalized spacial score (nSPS) is 27.6. The zero-order valence-corrected chi connectivity index (χ0v) is 10.7. The van der Waals surface area contributed by atoms with Crippen molar-refractivity contribution in [3.8, 4) is 0 Å². The number of likely N-dealkylation sites (tertiary alicyclic amines) is 1. The molecule has 1 rings (SSSR count). The van der Waals surface area contributed by atoms with E-state index in [2.05, 4.69) is 11.8 Å². The maximum absolute atomic E-state index is 9.80. The molecule has 16 heavy (non-hydrogen) atoms. The van der Waals surface area contributed by atoms with Crippen LogP contribution < -0.4 is 0 Å². The van der Waals surface area contributed by atoms with Gasteiger partial charge in [-0.25, -0.2) is 0 Å². The van der Waals surface area contributed by atoms with Crippen molar-refractivity contribution in [2.75, 3.05) is 32.8 Å². The van der Waals surface area contributed by atoms with Gasteiger partial charge in [-0.05, 0) is 32.7 Å². The molecule has 4 heteroatoms. The van der Waals surface area contributed by atoms with Gasteiger partial charge in [0.25, 0.3) is 0 Å². The van der Waals surface area contributed by atoms with E-state index >= 15 is 0 Å². The van der Waals surface area contributed by atoms with Crippen LogP contribution in [0, 0.1) is 5.92 Å². The van der Waals surface area contributed by atoms with E-state index < -0.39 is 0 Å². The molecule has 0 saturated carbocycles. The fourth-order valence-corrected chi connectivity index (χ4v) is 2.02. The Balaban J connectivity index is 2.33. The quantitative estimate of drug-likeness (QED) is 0.695. The number of β-amino-alcohol motifs (C(OH)–C–C–N with tert-alkyl or cyclic N) is 1.